The molecule has 7 nitrogen and oxygen atoms in total. The van der Waals surface area contributed by atoms with Gasteiger partial charge in [0, 0.05) is 18.0 Å². The van der Waals surface area contributed by atoms with E-state index < -0.39 is 9.84 Å². The number of pyridine rings is 2. The fraction of sp³-hybridized carbons (Fsp3) is 0.174. The Labute approximate surface area is 184 Å². The topological polar surface area (TPSA) is 93.4 Å². The van der Waals surface area contributed by atoms with Crippen LogP contribution in [-0.2, 0) is 9.84 Å². The van der Waals surface area contributed by atoms with E-state index in [0.717, 1.165) is 17.3 Å². The number of nitrogens with one attached hydrogen (secondary N) is 1. The van der Waals surface area contributed by atoms with Crippen LogP contribution in [0.2, 0.25) is 0 Å². The molecule has 3 heterocycles. The Bertz CT molecular complexity index is 1380. The van der Waals surface area contributed by atoms with E-state index in [1.165, 1.54) is 24.4 Å². The van der Waals surface area contributed by atoms with Crippen molar-refractivity contribution in [2.24, 2.45) is 0 Å². The minimum atomic E-state index is -3.39. The summed E-state index contributed by atoms with van der Waals surface area (Å²) in [5, 5.41) is 2.96. The molecule has 0 fully saturated rings. The highest BCUT2D eigenvalue weighted by molar-refractivity contribution is 7.90. The number of aromatic nitrogens is 3. The van der Waals surface area contributed by atoms with E-state index in [-0.39, 0.29) is 22.8 Å². The number of hydrogen-bond acceptors (Lipinski definition) is 5. The Hall–Kier alpha value is -3.59. The predicted octanol–water partition coefficient (Wildman–Crippen LogP) is 3.82. The molecule has 0 radical (unpaired) electrons. The van der Waals surface area contributed by atoms with Gasteiger partial charge in [-0.15, -0.1) is 0 Å². The summed E-state index contributed by atoms with van der Waals surface area (Å²) in [5.41, 5.74) is 3.21. The van der Waals surface area contributed by atoms with Gasteiger partial charge in [0.15, 0.2) is 14.9 Å². The lowest BCUT2D eigenvalue weighted by atomic mass is 10.1. The lowest BCUT2D eigenvalue weighted by Crippen LogP contribution is -2.29. The van der Waals surface area contributed by atoms with Crippen LogP contribution in [0.3, 0.4) is 0 Å². The van der Waals surface area contributed by atoms with Gasteiger partial charge < -0.3 is 5.32 Å². The van der Waals surface area contributed by atoms with Gasteiger partial charge in [-0.1, -0.05) is 19.1 Å². The Balaban J connectivity index is 1.62. The first-order valence-electron chi connectivity index (χ1n) is 9.97. The maximum Gasteiger partial charge on any atom is 0.268 e. The molecule has 0 saturated heterocycles. The summed E-state index contributed by atoms with van der Waals surface area (Å²) in [6.07, 6.45) is 4.72. The molecule has 0 bridgehead atoms. The molecule has 0 aliphatic rings. The molecule has 0 saturated carbocycles. The average Bonchev–Trinajstić information content (AvgIpc) is 3.21. The van der Waals surface area contributed by atoms with Crippen LogP contribution in [0.25, 0.3) is 16.8 Å². The predicted molar refractivity (Wildman–Crippen MR) is 118 cm³/mol. The zero-order chi connectivity index (χ0) is 22.9. The van der Waals surface area contributed by atoms with E-state index in [9.17, 15) is 17.6 Å². The van der Waals surface area contributed by atoms with E-state index in [2.05, 4.69) is 15.3 Å². The number of halogens is 1. The Morgan fingerprint density at radius 3 is 2.47 bits per heavy atom. The number of amides is 1. The number of carbonyl (C=O) groups excluding carboxylic acids is 1. The van der Waals surface area contributed by atoms with Crippen LogP contribution in [0.1, 0.15) is 35.4 Å². The van der Waals surface area contributed by atoms with Gasteiger partial charge in [0.2, 0.25) is 0 Å². The maximum atomic E-state index is 13.3. The fourth-order valence-corrected chi connectivity index (χ4v) is 4.06. The van der Waals surface area contributed by atoms with Crippen molar-refractivity contribution in [3.05, 3.63) is 84.2 Å². The van der Waals surface area contributed by atoms with E-state index >= 15 is 0 Å². The van der Waals surface area contributed by atoms with Crippen molar-refractivity contribution in [1.29, 1.82) is 0 Å². The molecular formula is C23H21FN4O3S. The smallest absolute Gasteiger partial charge is 0.268 e. The summed E-state index contributed by atoms with van der Waals surface area (Å²) in [6, 6.07) is 14.1. The average molecular weight is 453 g/mol. The van der Waals surface area contributed by atoms with Gasteiger partial charge >= 0.3 is 0 Å². The second-order valence-corrected chi connectivity index (χ2v) is 9.37. The lowest BCUT2D eigenvalue weighted by Gasteiger charge is -2.18. The number of nitrogens with zero attached hydrogens (tertiary/aromatic N) is 3. The SMILES string of the molecule is CCC(NC(=O)c1cccc2c(-c3ccc(F)cc3)ncn12)c1ccc(S(C)(=O)=O)nc1. The van der Waals surface area contributed by atoms with Crippen LogP contribution in [0.4, 0.5) is 4.39 Å². The number of benzene rings is 1. The highest BCUT2D eigenvalue weighted by Crippen LogP contribution is 2.25. The minimum absolute atomic E-state index is 0.0149. The molecule has 4 rings (SSSR count). The van der Waals surface area contributed by atoms with Crippen molar-refractivity contribution in [3.63, 3.8) is 0 Å². The van der Waals surface area contributed by atoms with Crippen molar-refractivity contribution in [1.82, 2.24) is 19.7 Å². The van der Waals surface area contributed by atoms with Crippen molar-refractivity contribution in [3.8, 4) is 11.3 Å². The molecule has 0 aliphatic carbocycles. The Kier molecular flexibility index (Phi) is 5.75. The lowest BCUT2D eigenvalue weighted by molar-refractivity contribution is 0.0929. The Morgan fingerprint density at radius 1 is 1.09 bits per heavy atom. The van der Waals surface area contributed by atoms with Crippen LogP contribution in [0.15, 0.2) is 72.1 Å². The molecule has 9 heteroatoms. The summed E-state index contributed by atoms with van der Waals surface area (Å²) in [7, 11) is -3.39. The number of hydrogen-bond donors (Lipinski definition) is 1. The Morgan fingerprint density at radius 2 is 1.84 bits per heavy atom. The second kappa shape index (κ2) is 8.51. The molecule has 3 aromatic heterocycles. The van der Waals surface area contributed by atoms with E-state index in [1.54, 1.807) is 41.1 Å². The van der Waals surface area contributed by atoms with Gasteiger partial charge in [-0.05, 0) is 54.4 Å². The third-order valence-corrected chi connectivity index (χ3v) is 6.18. The fourth-order valence-electron chi connectivity index (χ4n) is 3.51. The normalized spacial score (nSPS) is 12.6. The summed E-state index contributed by atoms with van der Waals surface area (Å²) < 4.78 is 38.2. The van der Waals surface area contributed by atoms with Crippen LogP contribution in [0.5, 0.6) is 0 Å². The first kappa shape index (κ1) is 21.6. The molecule has 1 amide bonds. The van der Waals surface area contributed by atoms with Gasteiger partial charge in [-0.25, -0.2) is 22.8 Å². The van der Waals surface area contributed by atoms with Gasteiger partial charge in [-0.2, -0.15) is 0 Å². The molecule has 164 valence electrons. The first-order valence-corrected chi connectivity index (χ1v) is 11.9. The largest absolute Gasteiger partial charge is 0.344 e. The molecule has 0 aliphatic heterocycles. The minimum Gasteiger partial charge on any atom is -0.344 e. The summed E-state index contributed by atoms with van der Waals surface area (Å²) >= 11 is 0. The molecule has 1 atom stereocenters. The van der Waals surface area contributed by atoms with Crippen LogP contribution in [-0.4, -0.2) is 34.9 Å². The molecule has 1 N–H and O–H groups in total. The van der Waals surface area contributed by atoms with E-state index in [4.69, 9.17) is 0 Å². The summed E-state index contributed by atoms with van der Waals surface area (Å²) in [5.74, 6) is -0.639. The second-order valence-electron chi connectivity index (χ2n) is 7.40. The van der Waals surface area contributed by atoms with Crippen LogP contribution in [0, 0.1) is 5.82 Å². The van der Waals surface area contributed by atoms with E-state index in [1.807, 2.05) is 13.0 Å². The van der Waals surface area contributed by atoms with Gasteiger partial charge in [0.25, 0.3) is 5.91 Å². The van der Waals surface area contributed by atoms with Gasteiger partial charge in [0.05, 0.1) is 17.3 Å². The number of sulfone groups is 1. The van der Waals surface area contributed by atoms with Crippen molar-refractivity contribution in [2.75, 3.05) is 6.26 Å². The van der Waals surface area contributed by atoms with Crippen molar-refractivity contribution < 1.29 is 17.6 Å². The number of fused-ring (bicyclic) bond motifs is 1. The standard InChI is InChI=1S/C23H21FN4O3S/c1-3-18(16-9-12-21(25-13-16)32(2,30)31)27-23(29)20-6-4-5-19-22(26-14-28(19)20)15-7-10-17(24)11-8-15/h4-14,18H,3H2,1-2H3,(H,27,29). The third-order valence-electron chi connectivity index (χ3n) is 5.18. The molecule has 0 spiro atoms. The molecule has 4 aromatic rings. The highest BCUT2D eigenvalue weighted by atomic mass is 32.2. The summed E-state index contributed by atoms with van der Waals surface area (Å²) in [6.45, 7) is 1.92. The van der Waals surface area contributed by atoms with Crippen LogP contribution < -0.4 is 5.32 Å². The zero-order valence-corrected chi connectivity index (χ0v) is 18.3. The summed E-state index contributed by atoms with van der Waals surface area (Å²) in [4.78, 5) is 21.5. The van der Waals surface area contributed by atoms with Crippen molar-refractivity contribution in [2.45, 2.75) is 24.4 Å². The maximum absolute atomic E-state index is 13.3. The monoisotopic (exact) mass is 452 g/mol. The first-order chi connectivity index (χ1) is 15.3. The third kappa shape index (κ3) is 4.24. The van der Waals surface area contributed by atoms with Crippen molar-refractivity contribution >= 4 is 21.3 Å². The number of carbonyl (C=O) groups is 1. The molecule has 32 heavy (non-hydrogen) atoms. The van der Waals surface area contributed by atoms with Gasteiger partial charge in [-0.3, -0.25) is 9.20 Å². The zero-order valence-electron chi connectivity index (χ0n) is 17.5. The van der Waals surface area contributed by atoms with E-state index in [0.29, 0.717) is 23.4 Å². The number of rotatable bonds is 6. The number of imidazole rings is 1. The molecular weight excluding hydrogens is 431 g/mol. The molecule has 1 aromatic carbocycles. The quantitative estimate of drug-likeness (QED) is 0.480. The highest BCUT2D eigenvalue weighted by Gasteiger charge is 2.19. The molecule has 1 unspecified atom stereocenters. The van der Waals surface area contributed by atoms with Crippen LogP contribution >= 0.6 is 0 Å². The van der Waals surface area contributed by atoms with Gasteiger partial charge in [0.1, 0.15) is 17.8 Å².